The van der Waals surface area contributed by atoms with Gasteiger partial charge in [0.1, 0.15) is 0 Å². The summed E-state index contributed by atoms with van der Waals surface area (Å²) in [5, 5.41) is 0. The van der Waals surface area contributed by atoms with Gasteiger partial charge in [0.2, 0.25) is 0 Å². The summed E-state index contributed by atoms with van der Waals surface area (Å²) in [6, 6.07) is 0. The van der Waals surface area contributed by atoms with E-state index in [4.69, 9.17) is 0 Å². The van der Waals surface area contributed by atoms with E-state index in [1.807, 2.05) is 0 Å². The summed E-state index contributed by atoms with van der Waals surface area (Å²) in [7, 11) is 0. The quantitative estimate of drug-likeness (QED) is 0.401. The predicted molar refractivity (Wildman–Crippen MR) is 46.5 cm³/mol. The van der Waals surface area contributed by atoms with Gasteiger partial charge in [-0.2, -0.15) is 0 Å². The lowest BCUT2D eigenvalue weighted by Gasteiger charge is -2.18. The van der Waals surface area contributed by atoms with Gasteiger partial charge in [-0.05, 0) is 31.8 Å². The fourth-order valence-electron chi connectivity index (χ4n) is 1.22. The monoisotopic (exact) mass is 207 g/mol. The van der Waals surface area contributed by atoms with Crippen LogP contribution in [0.5, 0.6) is 0 Å². The molecular weight excluding hydrogens is 196 g/mol. The average Bonchev–Trinajstić information content (AvgIpc) is 2.81. The minimum Gasteiger partial charge on any atom is -0.463 e. The van der Waals surface area contributed by atoms with Crippen LogP contribution in [0.3, 0.4) is 0 Å². The standard InChI is InChI=1S/C8H11BF3O2/c1-2-14-8(13)5-7(6-3-4-6)9(10,11)12/h5-6H,2-4H2,1H3/q-1/b7-5+. The van der Waals surface area contributed by atoms with E-state index in [2.05, 4.69) is 4.74 Å². The topological polar surface area (TPSA) is 26.3 Å². The number of allylic oxidation sites excluding steroid dienone is 1. The van der Waals surface area contributed by atoms with Crippen molar-refractivity contribution in [2.75, 3.05) is 6.61 Å². The van der Waals surface area contributed by atoms with Crippen molar-refractivity contribution in [1.29, 1.82) is 0 Å². The molecule has 0 aromatic heterocycles. The van der Waals surface area contributed by atoms with E-state index in [0.29, 0.717) is 18.9 Å². The Labute approximate surface area is 80.2 Å². The first-order chi connectivity index (χ1) is 6.45. The first-order valence-corrected chi connectivity index (χ1v) is 4.53. The highest BCUT2D eigenvalue weighted by Gasteiger charge is 2.39. The van der Waals surface area contributed by atoms with E-state index in [0.717, 1.165) is 0 Å². The van der Waals surface area contributed by atoms with Gasteiger partial charge in [-0.15, -0.1) is 5.47 Å². The van der Waals surface area contributed by atoms with Crippen molar-refractivity contribution in [3.8, 4) is 0 Å². The Morgan fingerprint density at radius 2 is 2.07 bits per heavy atom. The van der Waals surface area contributed by atoms with Crippen LogP contribution in [-0.4, -0.2) is 19.6 Å². The van der Waals surface area contributed by atoms with E-state index < -0.39 is 24.3 Å². The van der Waals surface area contributed by atoms with Crippen LogP contribution in [0.25, 0.3) is 0 Å². The van der Waals surface area contributed by atoms with Gasteiger partial charge >= 0.3 is 12.9 Å². The van der Waals surface area contributed by atoms with Gasteiger partial charge in [0.15, 0.2) is 0 Å². The number of carbonyl (C=O) groups is 1. The van der Waals surface area contributed by atoms with Crippen LogP contribution >= 0.6 is 0 Å². The van der Waals surface area contributed by atoms with Crippen LogP contribution in [0, 0.1) is 5.92 Å². The molecule has 80 valence electrons. The number of ether oxygens (including phenoxy) is 1. The molecule has 0 bridgehead atoms. The molecule has 0 aromatic rings. The van der Waals surface area contributed by atoms with E-state index in [1.54, 1.807) is 6.92 Å². The van der Waals surface area contributed by atoms with Gasteiger partial charge in [-0.1, -0.05) is 0 Å². The van der Waals surface area contributed by atoms with Crippen molar-refractivity contribution in [2.24, 2.45) is 5.92 Å². The molecular formula is C8H11BF3O2-. The zero-order valence-corrected chi connectivity index (χ0v) is 7.80. The molecule has 1 saturated carbocycles. The van der Waals surface area contributed by atoms with Crippen LogP contribution in [0.2, 0.25) is 0 Å². The van der Waals surface area contributed by atoms with Crippen LogP contribution in [0.1, 0.15) is 19.8 Å². The number of hydrogen-bond donors (Lipinski definition) is 0. The zero-order valence-electron chi connectivity index (χ0n) is 7.80. The van der Waals surface area contributed by atoms with Gasteiger partial charge in [0, 0.05) is 0 Å². The second-order valence-corrected chi connectivity index (χ2v) is 3.25. The van der Waals surface area contributed by atoms with Crippen molar-refractivity contribution in [3.05, 3.63) is 11.5 Å². The fraction of sp³-hybridized carbons (Fsp3) is 0.625. The summed E-state index contributed by atoms with van der Waals surface area (Å²) in [6.07, 6.45) is 1.64. The van der Waals surface area contributed by atoms with Crippen molar-refractivity contribution in [1.82, 2.24) is 0 Å². The zero-order chi connectivity index (χ0) is 10.8. The lowest BCUT2D eigenvalue weighted by Crippen LogP contribution is -2.22. The maximum atomic E-state index is 12.4. The highest BCUT2D eigenvalue weighted by Crippen LogP contribution is 2.42. The van der Waals surface area contributed by atoms with Crippen LogP contribution in [0.4, 0.5) is 12.9 Å². The second-order valence-electron chi connectivity index (χ2n) is 3.25. The molecule has 6 heteroatoms. The Kier molecular flexibility index (Phi) is 3.23. The number of esters is 1. The molecule has 1 aliphatic carbocycles. The Morgan fingerprint density at radius 1 is 1.50 bits per heavy atom. The molecule has 0 spiro atoms. The number of hydrogen-bond acceptors (Lipinski definition) is 2. The molecule has 0 radical (unpaired) electrons. The fourth-order valence-corrected chi connectivity index (χ4v) is 1.22. The maximum Gasteiger partial charge on any atom is 0.506 e. The lowest BCUT2D eigenvalue weighted by molar-refractivity contribution is -0.137. The van der Waals surface area contributed by atoms with Gasteiger partial charge in [0.05, 0.1) is 6.61 Å². The minimum absolute atomic E-state index is 0.0954. The highest BCUT2D eigenvalue weighted by molar-refractivity contribution is 6.67. The smallest absolute Gasteiger partial charge is 0.463 e. The lowest BCUT2D eigenvalue weighted by atomic mass is 9.75. The summed E-state index contributed by atoms with van der Waals surface area (Å²) < 4.78 is 41.6. The predicted octanol–water partition coefficient (Wildman–Crippen LogP) is 2.27. The molecule has 0 N–H and O–H groups in total. The minimum atomic E-state index is -5.04. The van der Waals surface area contributed by atoms with Gasteiger partial charge in [-0.25, -0.2) is 4.79 Å². The van der Waals surface area contributed by atoms with Crippen LogP contribution in [-0.2, 0) is 9.53 Å². The van der Waals surface area contributed by atoms with Crippen molar-refractivity contribution >= 4 is 12.9 Å². The summed E-state index contributed by atoms with van der Waals surface area (Å²) in [4.78, 5) is 10.8. The summed E-state index contributed by atoms with van der Waals surface area (Å²) in [5.41, 5.74) is -0.691. The van der Waals surface area contributed by atoms with E-state index in [-0.39, 0.29) is 6.61 Å². The molecule has 0 heterocycles. The largest absolute Gasteiger partial charge is 0.506 e. The van der Waals surface area contributed by atoms with Crippen LogP contribution in [0.15, 0.2) is 11.5 Å². The Bertz CT molecular complexity index is 256. The molecule has 1 aliphatic rings. The van der Waals surface area contributed by atoms with Crippen molar-refractivity contribution < 1.29 is 22.5 Å². The summed E-state index contributed by atoms with van der Waals surface area (Å²) in [6.45, 7) is -3.39. The number of rotatable bonds is 4. The van der Waals surface area contributed by atoms with Gasteiger partial charge < -0.3 is 17.7 Å². The van der Waals surface area contributed by atoms with Gasteiger partial charge in [-0.3, -0.25) is 0 Å². The molecule has 1 rings (SSSR count). The number of halogens is 3. The van der Waals surface area contributed by atoms with Gasteiger partial charge in [0.25, 0.3) is 0 Å². The molecule has 0 amide bonds. The molecule has 0 atom stereocenters. The van der Waals surface area contributed by atoms with E-state index >= 15 is 0 Å². The Hall–Kier alpha value is -0.935. The molecule has 0 aliphatic heterocycles. The molecule has 14 heavy (non-hydrogen) atoms. The Morgan fingerprint density at radius 3 is 2.43 bits per heavy atom. The second kappa shape index (κ2) is 4.06. The third-order valence-corrected chi connectivity index (χ3v) is 2.00. The normalized spacial score (nSPS) is 18.1. The SMILES string of the molecule is CCOC(=O)/C=C(\C1CC1)[B-](F)(F)F. The van der Waals surface area contributed by atoms with Crippen LogP contribution < -0.4 is 0 Å². The molecule has 0 aromatic carbocycles. The third-order valence-electron chi connectivity index (χ3n) is 2.00. The summed E-state index contributed by atoms with van der Waals surface area (Å²) in [5.74, 6) is -1.37. The highest BCUT2D eigenvalue weighted by atomic mass is 19.4. The first-order valence-electron chi connectivity index (χ1n) is 4.53. The first kappa shape index (κ1) is 11.1. The third kappa shape index (κ3) is 3.08. The summed E-state index contributed by atoms with van der Waals surface area (Å²) >= 11 is 0. The molecule has 2 nitrogen and oxygen atoms in total. The molecule has 0 unspecified atom stereocenters. The molecule has 1 fully saturated rings. The van der Waals surface area contributed by atoms with E-state index in [1.165, 1.54) is 0 Å². The molecule has 0 saturated heterocycles. The number of carbonyl (C=O) groups excluding carboxylic acids is 1. The maximum absolute atomic E-state index is 12.4. The van der Waals surface area contributed by atoms with Crippen molar-refractivity contribution in [3.63, 3.8) is 0 Å². The average molecular weight is 207 g/mol. The Balaban J connectivity index is 2.71. The van der Waals surface area contributed by atoms with E-state index in [9.17, 15) is 17.7 Å². The van der Waals surface area contributed by atoms with Crippen molar-refractivity contribution in [2.45, 2.75) is 19.8 Å².